The SMILES string of the molecule is CC1(C)CCN(S(=O)(=O)c2cc(N)cc(Cl)c2F)CCS1. The van der Waals surface area contributed by atoms with Crippen molar-refractivity contribution in [3.05, 3.63) is 23.0 Å². The molecule has 0 bridgehead atoms. The van der Waals surface area contributed by atoms with Gasteiger partial charge in [-0.3, -0.25) is 0 Å². The van der Waals surface area contributed by atoms with Gasteiger partial charge >= 0.3 is 0 Å². The summed E-state index contributed by atoms with van der Waals surface area (Å²) in [6, 6.07) is 2.33. The van der Waals surface area contributed by atoms with Gasteiger partial charge in [-0.25, -0.2) is 12.8 Å². The van der Waals surface area contributed by atoms with Crippen molar-refractivity contribution < 1.29 is 12.8 Å². The number of anilines is 1. The Morgan fingerprint density at radius 3 is 2.71 bits per heavy atom. The Labute approximate surface area is 133 Å². The molecule has 0 aliphatic carbocycles. The van der Waals surface area contributed by atoms with Crippen LogP contribution in [0.1, 0.15) is 20.3 Å². The van der Waals surface area contributed by atoms with Crippen LogP contribution in [-0.4, -0.2) is 36.3 Å². The van der Waals surface area contributed by atoms with Crippen molar-refractivity contribution >= 4 is 39.1 Å². The minimum absolute atomic E-state index is 0.0101. The number of halogens is 2. The van der Waals surface area contributed by atoms with E-state index in [0.29, 0.717) is 25.3 Å². The molecule has 8 heteroatoms. The van der Waals surface area contributed by atoms with E-state index in [1.165, 1.54) is 10.4 Å². The van der Waals surface area contributed by atoms with E-state index < -0.39 is 20.7 Å². The summed E-state index contributed by atoms with van der Waals surface area (Å²) < 4.78 is 40.7. The molecule has 2 rings (SSSR count). The summed E-state index contributed by atoms with van der Waals surface area (Å²) in [6.07, 6.45) is 0.703. The fourth-order valence-electron chi connectivity index (χ4n) is 2.15. The summed E-state index contributed by atoms with van der Waals surface area (Å²) in [5.74, 6) is -0.272. The molecular weight excluding hydrogens is 335 g/mol. The van der Waals surface area contributed by atoms with Gasteiger partial charge in [0.15, 0.2) is 5.82 Å². The maximum Gasteiger partial charge on any atom is 0.246 e. The van der Waals surface area contributed by atoms with E-state index >= 15 is 0 Å². The summed E-state index contributed by atoms with van der Waals surface area (Å²) in [6.45, 7) is 4.86. The zero-order valence-electron chi connectivity index (χ0n) is 11.9. The minimum atomic E-state index is -3.93. The Morgan fingerprint density at radius 2 is 2.05 bits per heavy atom. The normalized spacial score (nSPS) is 20.2. The molecular formula is C13H18ClFN2O2S2. The van der Waals surface area contributed by atoms with Crippen molar-refractivity contribution in [3.8, 4) is 0 Å². The number of nitrogens with zero attached hydrogens (tertiary/aromatic N) is 1. The third-order valence-electron chi connectivity index (χ3n) is 3.43. The highest BCUT2D eigenvalue weighted by Gasteiger charge is 2.33. The Morgan fingerprint density at radius 1 is 1.38 bits per heavy atom. The first-order valence-corrected chi connectivity index (χ1v) is 9.32. The average Bonchev–Trinajstić information content (AvgIpc) is 2.55. The third kappa shape index (κ3) is 3.64. The lowest BCUT2D eigenvalue weighted by atomic mass is 10.1. The fraction of sp³-hybridized carbons (Fsp3) is 0.538. The molecule has 2 N–H and O–H groups in total. The lowest BCUT2D eigenvalue weighted by Crippen LogP contribution is -2.34. The molecule has 1 fully saturated rings. The van der Waals surface area contributed by atoms with Crippen molar-refractivity contribution in [2.24, 2.45) is 0 Å². The minimum Gasteiger partial charge on any atom is -0.399 e. The molecule has 21 heavy (non-hydrogen) atoms. The molecule has 0 aromatic heterocycles. The molecule has 118 valence electrons. The van der Waals surface area contributed by atoms with Gasteiger partial charge in [0.25, 0.3) is 0 Å². The Balaban J connectivity index is 2.39. The number of sulfonamides is 1. The lowest BCUT2D eigenvalue weighted by Gasteiger charge is -2.22. The number of hydrogen-bond donors (Lipinski definition) is 1. The first-order chi connectivity index (χ1) is 9.63. The molecule has 0 radical (unpaired) electrons. The highest BCUT2D eigenvalue weighted by atomic mass is 35.5. The topological polar surface area (TPSA) is 63.4 Å². The summed E-state index contributed by atoms with van der Waals surface area (Å²) in [5, 5.41) is -0.280. The Bertz CT molecular complexity index is 650. The second-order valence-corrected chi connectivity index (χ2v) is 9.69. The molecule has 0 saturated carbocycles. The maximum absolute atomic E-state index is 14.1. The standard InChI is InChI=1S/C13H18ClFN2O2S2/c1-13(2)3-4-17(5-6-20-13)21(18,19)11-8-9(16)7-10(14)12(11)15/h7-8H,3-6,16H2,1-2H3. The van der Waals surface area contributed by atoms with Gasteiger partial charge in [-0.2, -0.15) is 16.1 Å². The summed E-state index contributed by atoms with van der Waals surface area (Å²) >= 11 is 7.42. The van der Waals surface area contributed by atoms with Gasteiger partial charge in [0.05, 0.1) is 5.02 Å². The van der Waals surface area contributed by atoms with E-state index in [-0.39, 0.29) is 15.5 Å². The van der Waals surface area contributed by atoms with Gasteiger partial charge in [-0.15, -0.1) is 0 Å². The zero-order chi connectivity index (χ0) is 15.8. The van der Waals surface area contributed by atoms with Gasteiger partial charge in [0, 0.05) is 29.3 Å². The smallest absolute Gasteiger partial charge is 0.246 e. The molecule has 1 saturated heterocycles. The molecule has 0 amide bonds. The zero-order valence-corrected chi connectivity index (χ0v) is 14.3. The highest BCUT2D eigenvalue weighted by molar-refractivity contribution is 8.00. The van der Waals surface area contributed by atoms with Crippen molar-refractivity contribution in [1.82, 2.24) is 4.31 Å². The van der Waals surface area contributed by atoms with Crippen molar-refractivity contribution in [3.63, 3.8) is 0 Å². The van der Waals surface area contributed by atoms with Crippen LogP contribution in [0, 0.1) is 5.82 Å². The molecule has 0 atom stereocenters. The van der Waals surface area contributed by atoms with E-state index in [9.17, 15) is 12.8 Å². The van der Waals surface area contributed by atoms with E-state index in [2.05, 4.69) is 13.8 Å². The number of benzene rings is 1. The largest absolute Gasteiger partial charge is 0.399 e. The van der Waals surface area contributed by atoms with Crippen LogP contribution < -0.4 is 5.73 Å². The van der Waals surface area contributed by atoms with Crippen LogP contribution in [0.5, 0.6) is 0 Å². The van der Waals surface area contributed by atoms with Crippen molar-refractivity contribution in [1.29, 1.82) is 0 Å². The van der Waals surface area contributed by atoms with Gasteiger partial charge in [0.1, 0.15) is 4.90 Å². The van der Waals surface area contributed by atoms with E-state index in [1.54, 1.807) is 11.8 Å². The van der Waals surface area contributed by atoms with Crippen LogP contribution in [0.15, 0.2) is 17.0 Å². The molecule has 1 heterocycles. The van der Waals surface area contributed by atoms with Crippen LogP contribution >= 0.6 is 23.4 Å². The molecule has 1 aromatic carbocycles. The number of rotatable bonds is 2. The van der Waals surface area contributed by atoms with Crippen molar-refractivity contribution in [2.45, 2.75) is 29.9 Å². The van der Waals surface area contributed by atoms with Crippen LogP contribution in [0.2, 0.25) is 5.02 Å². The third-order valence-corrected chi connectivity index (χ3v) is 6.98. The summed E-state index contributed by atoms with van der Waals surface area (Å²) in [4.78, 5) is -0.447. The first-order valence-electron chi connectivity index (χ1n) is 6.52. The quantitative estimate of drug-likeness (QED) is 0.831. The number of hydrogen-bond acceptors (Lipinski definition) is 4. The van der Waals surface area contributed by atoms with Gasteiger partial charge in [0.2, 0.25) is 10.0 Å². The highest BCUT2D eigenvalue weighted by Crippen LogP contribution is 2.34. The monoisotopic (exact) mass is 352 g/mol. The fourth-order valence-corrected chi connectivity index (χ4v) is 5.21. The average molecular weight is 353 g/mol. The maximum atomic E-state index is 14.1. The van der Waals surface area contributed by atoms with Gasteiger partial charge in [-0.05, 0) is 18.6 Å². The predicted octanol–water partition coefficient (Wildman–Crippen LogP) is 2.97. The van der Waals surface area contributed by atoms with Crippen LogP contribution in [0.25, 0.3) is 0 Å². The molecule has 1 aliphatic heterocycles. The van der Waals surface area contributed by atoms with E-state index in [0.717, 1.165) is 6.07 Å². The van der Waals surface area contributed by atoms with Crippen LogP contribution in [-0.2, 0) is 10.0 Å². The second-order valence-electron chi connectivity index (χ2n) is 5.58. The van der Waals surface area contributed by atoms with Crippen LogP contribution in [0.3, 0.4) is 0 Å². The first kappa shape index (κ1) is 16.9. The van der Waals surface area contributed by atoms with Gasteiger partial charge in [-0.1, -0.05) is 25.4 Å². The second kappa shape index (κ2) is 5.95. The van der Waals surface area contributed by atoms with Crippen LogP contribution in [0.4, 0.5) is 10.1 Å². The molecule has 1 aromatic rings. The summed E-state index contributed by atoms with van der Waals surface area (Å²) in [5.41, 5.74) is 5.72. The predicted molar refractivity (Wildman–Crippen MR) is 85.7 cm³/mol. The Hall–Kier alpha value is -0.500. The molecule has 1 aliphatic rings. The van der Waals surface area contributed by atoms with Gasteiger partial charge < -0.3 is 5.73 Å². The number of thioether (sulfide) groups is 1. The van der Waals surface area contributed by atoms with Crippen molar-refractivity contribution in [2.75, 3.05) is 24.6 Å². The number of nitrogens with two attached hydrogens (primary N) is 1. The van der Waals surface area contributed by atoms with E-state index in [4.69, 9.17) is 17.3 Å². The molecule has 4 nitrogen and oxygen atoms in total. The molecule has 0 spiro atoms. The van der Waals surface area contributed by atoms with E-state index in [1.807, 2.05) is 0 Å². The number of nitrogen functional groups attached to an aromatic ring is 1. The lowest BCUT2D eigenvalue weighted by molar-refractivity contribution is 0.412. The Kier molecular flexibility index (Phi) is 4.78. The summed E-state index contributed by atoms with van der Waals surface area (Å²) in [7, 11) is -3.93. The molecule has 0 unspecified atom stereocenters.